The van der Waals surface area contributed by atoms with Crippen molar-refractivity contribution in [1.82, 2.24) is 18.9 Å². The van der Waals surface area contributed by atoms with Crippen LogP contribution in [-0.2, 0) is 13.1 Å². The quantitative estimate of drug-likeness (QED) is 0.620. The van der Waals surface area contributed by atoms with E-state index in [0.717, 1.165) is 12.8 Å². The van der Waals surface area contributed by atoms with Gasteiger partial charge in [0.15, 0.2) is 10.6 Å². The van der Waals surface area contributed by atoms with Crippen molar-refractivity contribution in [2.45, 2.75) is 72.0 Å². The average molecular weight is 390 g/mol. The Morgan fingerprint density at radius 2 is 1.93 bits per heavy atom. The van der Waals surface area contributed by atoms with Gasteiger partial charge in [-0.05, 0) is 45.8 Å². The highest BCUT2D eigenvalue weighted by Crippen LogP contribution is 2.31. The van der Waals surface area contributed by atoms with Crippen molar-refractivity contribution in [2.75, 3.05) is 0 Å². The van der Waals surface area contributed by atoms with Crippen molar-refractivity contribution < 1.29 is 5.11 Å². The molecular formula is C19H27N5O2S. The lowest BCUT2D eigenvalue weighted by molar-refractivity contribution is 0.332. The summed E-state index contributed by atoms with van der Waals surface area (Å²) in [6, 6.07) is 2.19. The Kier molecular flexibility index (Phi) is 5.94. The normalized spacial score (nSPS) is 16.0. The van der Waals surface area contributed by atoms with E-state index in [-0.39, 0.29) is 17.0 Å². The van der Waals surface area contributed by atoms with E-state index in [0.29, 0.717) is 35.4 Å². The maximum absolute atomic E-state index is 12.9. The lowest BCUT2D eigenvalue weighted by Crippen LogP contribution is -2.30. The minimum atomic E-state index is -0.310. The van der Waals surface area contributed by atoms with Crippen LogP contribution >= 0.6 is 12.2 Å². The molecule has 2 heterocycles. The van der Waals surface area contributed by atoms with Crippen LogP contribution < -0.4 is 5.56 Å². The number of hydrogen-bond acceptors (Lipinski definition) is 5. The van der Waals surface area contributed by atoms with Crippen LogP contribution in [0.3, 0.4) is 0 Å². The number of aromatic hydroxyl groups is 1. The summed E-state index contributed by atoms with van der Waals surface area (Å²) in [7, 11) is 0. The zero-order valence-corrected chi connectivity index (χ0v) is 17.0. The molecule has 0 atom stereocenters. The number of nitrogens with zero attached hydrogens (tertiary/aromatic N) is 5. The lowest BCUT2D eigenvalue weighted by Gasteiger charge is -2.23. The Labute approximate surface area is 164 Å². The standard InChI is InChI=1S/C19H27N5O2S/c1-4-22-17(25)16(18(26)23(5-2)19(22)27)13(3)21-15-11-12-20-24(15)14-9-7-6-8-10-14/h11-12,14,25H,4-10H2,1-3H3/b21-13+. The zero-order valence-electron chi connectivity index (χ0n) is 16.2. The van der Waals surface area contributed by atoms with Crippen molar-refractivity contribution in [3.8, 4) is 5.88 Å². The van der Waals surface area contributed by atoms with Crippen LogP contribution in [0.1, 0.15) is 64.5 Å². The van der Waals surface area contributed by atoms with Crippen LogP contribution in [0.4, 0.5) is 5.82 Å². The van der Waals surface area contributed by atoms with Crippen molar-refractivity contribution in [3.05, 3.63) is 33.0 Å². The summed E-state index contributed by atoms with van der Waals surface area (Å²) in [5, 5.41) is 15.1. The van der Waals surface area contributed by atoms with E-state index in [4.69, 9.17) is 12.2 Å². The number of hydrogen-bond donors (Lipinski definition) is 1. The van der Waals surface area contributed by atoms with Gasteiger partial charge in [-0.3, -0.25) is 13.9 Å². The van der Waals surface area contributed by atoms with Crippen LogP contribution in [0.25, 0.3) is 0 Å². The van der Waals surface area contributed by atoms with Crippen molar-refractivity contribution in [2.24, 2.45) is 4.99 Å². The van der Waals surface area contributed by atoms with Gasteiger partial charge in [0, 0.05) is 19.2 Å². The molecule has 1 fully saturated rings. The smallest absolute Gasteiger partial charge is 0.267 e. The predicted octanol–water partition coefficient (Wildman–Crippen LogP) is 3.97. The molecule has 1 saturated carbocycles. The molecule has 0 radical (unpaired) electrons. The van der Waals surface area contributed by atoms with Crippen LogP contribution in [0, 0.1) is 4.77 Å². The first kappa shape index (κ1) is 19.5. The Hall–Kier alpha value is -2.22. The van der Waals surface area contributed by atoms with E-state index in [1.165, 1.54) is 23.8 Å². The van der Waals surface area contributed by atoms with Gasteiger partial charge in [-0.2, -0.15) is 5.10 Å². The van der Waals surface area contributed by atoms with Crippen molar-refractivity contribution in [3.63, 3.8) is 0 Å². The summed E-state index contributed by atoms with van der Waals surface area (Å²) in [5.41, 5.74) is 0.354. The first-order valence-corrected chi connectivity index (χ1v) is 10.1. The highest BCUT2D eigenvalue weighted by atomic mass is 32.1. The Morgan fingerprint density at radius 1 is 1.26 bits per heavy atom. The summed E-state index contributed by atoms with van der Waals surface area (Å²) >= 11 is 5.35. The third-order valence-corrected chi connectivity index (χ3v) is 5.69. The van der Waals surface area contributed by atoms with E-state index in [1.54, 1.807) is 17.7 Å². The molecule has 0 amide bonds. The third-order valence-electron chi connectivity index (χ3n) is 5.25. The largest absolute Gasteiger partial charge is 0.494 e. The number of aliphatic imine (C=N–C) groups is 1. The molecule has 8 heteroatoms. The lowest BCUT2D eigenvalue weighted by atomic mass is 9.96. The molecule has 1 aliphatic carbocycles. The molecule has 0 aliphatic heterocycles. The minimum absolute atomic E-state index is 0.123. The monoisotopic (exact) mass is 389 g/mol. The van der Waals surface area contributed by atoms with Gasteiger partial charge >= 0.3 is 0 Å². The predicted molar refractivity (Wildman–Crippen MR) is 109 cm³/mol. The molecule has 27 heavy (non-hydrogen) atoms. The van der Waals surface area contributed by atoms with E-state index in [9.17, 15) is 9.90 Å². The Bertz CT molecular complexity index is 963. The molecule has 2 aromatic heterocycles. The van der Waals surface area contributed by atoms with Crippen molar-refractivity contribution >= 4 is 23.7 Å². The molecule has 0 saturated heterocycles. The van der Waals surface area contributed by atoms with E-state index in [1.807, 2.05) is 24.6 Å². The fourth-order valence-corrected chi connectivity index (χ4v) is 4.23. The molecular weight excluding hydrogens is 362 g/mol. The molecule has 2 aromatic rings. The Balaban J connectivity index is 2.09. The number of rotatable bonds is 5. The molecule has 3 rings (SSSR count). The Morgan fingerprint density at radius 3 is 2.56 bits per heavy atom. The van der Waals surface area contributed by atoms with Crippen molar-refractivity contribution in [1.29, 1.82) is 0 Å². The van der Waals surface area contributed by atoms with Gasteiger partial charge < -0.3 is 5.11 Å². The second-order valence-electron chi connectivity index (χ2n) is 6.90. The molecule has 0 spiro atoms. The maximum Gasteiger partial charge on any atom is 0.267 e. The summed E-state index contributed by atoms with van der Waals surface area (Å²) < 4.78 is 5.33. The van der Waals surface area contributed by atoms with E-state index < -0.39 is 0 Å². The third kappa shape index (κ3) is 3.63. The fourth-order valence-electron chi connectivity index (χ4n) is 3.80. The van der Waals surface area contributed by atoms with Gasteiger partial charge in [0.1, 0.15) is 5.56 Å². The SMILES string of the molecule is CCn1c(O)c(/C(C)=N/c2ccnn2C2CCCCC2)c(=O)n(CC)c1=S. The molecule has 0 unspecified atom stereocenters. The fraction of sp³-hybridized carbons (Fsp3) is 0.579. The van der Waals surface area contributed by atoms with Crippen LogP contribution in [0.15, 0.2) is 22.1 Å². The van der Waals surface area contributed by atoms with Gasteiger partial charge in [0.25, 0.3) is 5.56 Å². The average Bonchev–Trinajstić information content (AvgIpc) is 3.11. The molecule has 0 aromatic carbocycles. The van der Waals surface area contributed by atoms with Gasteiger partial charge in [0.2, 0.25) is 5.88 Å². The summed E-state index contributed by atoms with van der Waals surface area (Å²) in [4.78, 5) is 17.5. The molecule has 1 N–H and O–H groups in total. The molecule has 146 valence electrons. The van der Waals surface area contributed by atoms with Crippen LogP contribution in [0.2, 0.25) is 0 Å². The van der Waals surface area contributed by atoms with Gasteiger partial charge in [-0.15, -0.1) is 0 Å². The van der Waals surface area contributed by atoms with Crippen LogP contribution in [-0.4, -0.2) is 29.7 Å². The topological polar surface area (TPSA) is 77.3 Å². The van der Waals surface area contributed by atoms with Gasteiger partial charge in [0.05, 0.1) is 18.0 Å². The maximum atomic E-state index is 12.9. The summed E-state index contributed by atoms with van der Waals surface area (Å²) in [5.74, 6) is 0.592. The zero-order chi connectivity index (χ0) is 19.6. The van der Waals surface area contributed by atoms with Crippen LogP contribution in [0.5, 0.6) is 5.88 Å². The van der Waals surface area contributed by atoms with Gasteiger partial charge in [-0.1, -0.05) is 19.3 Å². The second-order valence-corrected chi connectivity index (χ2v) is 7.26. The first-order chi connectivity index (χ1) is 13.0. The molecule has 0 bridgehead atoms. The van der Waals surface area contributed by atoms with E-state index in [2.05, 4.69) is 10.1 Å². The molecule has 1 aliphatic rings. The number of aromatic nitrogens is 4. The minimum Gasteiger partial charge on any atom is -0.494 e. The van der Waals surface area contributed by atoms with Gasteiger partial charge in [-0.25, -0.2) is 9.67 Å². The molecule has 7 nitrogen and oxygen atoms in total. The second kappa shape index (κ2) is 8.21. The van der Waals surface area contributed by atoms with E-state index >= 15 is 0 Å². The first-order valence-electron chi connectivity index (χ1n) is 9.65. The summed E-state index contributed by atoms with van der Waals surface area (Å²) in [6.07, 6.45) is 7.60. The highest BCUT2D eigenvalue weighted by molar-refractivity contribution is 7.71. The highest BCUT2D eigenvalue weighted by Gasteiger charge is 2.21. The summed E-state index contributed by atoms with van der Waals surface area (Å²) in [6.45, 7) is 6.41.